The summed E-state index contributed by atoms with van der Waals surface area (Å²) in [5, 5.41) is 6.54. The molecule has 1 aliphatic heterocycles. The summed E-state index contributed by atoms with van der Waals surface area (Å²) in [6.07, 6.45) is 6.34. The molecule has 3 nitrogen and oxygen atoms in total. The summed E-state index contributed by atoms with van der Waals surface area (Å²) < 4.78 is 0. The molecule has 1 aromatic carbocycles. The zero-order valence-electron chi connectivity index (χ0n) is 12.2. The molecule has 2 aliphatic rings. The number of rotatable bonds is 4. The molecule has 1 atom stereocenters. The van der Waals surface area contributed by atoms with Gasteiger partial charge in [-0.3, -0.25) is 4.79 Å². The Morgan fingerprint density at radius 3 is 2.85 bits per heavy atom. The van der Waals surface area contributed by atoms with Crippen LogP contribution < -0.4 is 10.6 Å². The van der Waals surface area contributed by atoms with E-state index in [1.807, 2.05) is 18.2 Å². The van der Waals surface area contributed by atoms with Gasteiger partial charge in [-0.05, 0) is 36.3 Å². The van der Waals surface area contributed by atoms with Crippen molar-refractivity contribution >= 4 is 11.6 Å². The summed E-state index contributed by atoms with van der Waals surface area (Å²) in [6.45, 7) is 3.83. The van der Waals surface area contributed by atoms with Crippen molar-refractivity contribution in [1.29, 1.82) is 0 Å². The monoisotopic (exact) mass is 272 g/mol. The van der Waals surface area contributed by atoms with Crippen LogP contribution in [0.5, 0.6) is 0 Å². The van der Waals surface area contributed by atoms with Gasteiger partial charge in [-0.25, -0.2) is 0 Å². The molecule has 0 saturated heterocycles. The number of hydrogen-bond donors (Lipinski definition) is 2. The maximum Gasteiger partial charge on any atom is 0.229 e. The van der Waals surface area contributed by atoms with Crippen molar-refractivity contribution in [2.75, 3.05) is 18.4 Å². The van der Waals surface area contributed by atoms with Crippen LogP contribution in [0.2, 0.25) is 0 Å². The van der Waals surface area contributed by atoms with Crippen molar-refractivity contribution in [3.63, 3.8) is 0 Å². The third kappa shape index (κ3) is 2.41. The first-order valence-electron chi connectivity index (χ1n) is 7.85. The Morgan fingerprint density at radius 1 is 1.35 bits per heavy atom. The van der Waals surface area contributed by atoms with Crippen LogP contribution in [0, 0.1) is 5.41 Å². The molecule has 3 heteroatoms. The van der Waals surface area contributed by atoms with Crippen LogP contribution in [-0.2, 0) is 4.79 Å². The van der Waals surface area contributed by atoms with E-state index in [9.17, 15) is 4.79 Å². The van der Waals surface area contributed by atoms with E-state index in [1.54, 1.807) is 0 Å². The standard InChI is InChI=1S/C17H24N2O/c1-2-17(9-5-6-10-17)12-19-16(20)14-11-18-15-8-4-3-7-13(14)15/h3-4,7-8,14,18H,2,5-6,9-12H2,1H3,(H,19,20). The van der Waals surface area contributed by atoms with E-state index in [0.717, 1.165) is 24.3 Å². The Bertz CT molecular complexity index is 492. The Balaban J connectivity index is 1.63. The molecule has 0 bridgehead atoms. The molecule has 1 unspecified atom stereocenters. The highest BCUT2D eigenvalue weighted by Crippen LogP contribution is 2.40. The Morgan fingerprint density at radius 2 is 2.10 bits per heavy atom. The van der Waals surface area contributed by atoms with Gasteiger partial charge in [0.1, 0.15) is 0 Å². The molecular formula is C17H24N2O. The van der Waals surface area contributed by atoms with E-state index >= 15 is 0 Å². The van der Waals surface area contributed by atoms with Gasteiger partial charge < -0.3 is 10.6 Å². The first-order valence-corrected chi connectivity index (χ1v) is 7.85. The molecule has 1 fully saturated rings. The predicted octanol–water partition coefficient (Wildman–Crippen LogP) is 3.28. The van der Waals surface area contributed by atoms with E-state index in [2.05, 4.69) is 23.6 Å². The Labute approximate surface area is 121 Å². The van der Waals surface area contributed by atoms with Gasteiger partial charge >= 0.3 is 0 Å². The molecule has 1 aliphatic carbocycles. The van der Waals surface area contributed by atoms with Gasteiger partial charge in [0.25, 0.3) is 0 Å². The van der Waals surface area contributed by atoms with E-state index in [0.29, 0.717) is 5.41 Å². The molecule has 1 amide bonds. The molecule has 0 aromatic heterocycles. The third-order valence-corrected chi connectivity index (χ3v) is 5.20. The van der Waals surface area contributed by atoms with Crippen molar-refractivity contribution in [3.8, 4) is 0 Å². The zero-order chi connectivity index (χ0) is 14.0. The smallest absolute Gasteiger partial charge is 0.229 e. The van der Waals surface area contributed by atoms with Crippen molar-refractivity contribution < 1.29 is 4.79 Å². The lowest BCUT2D eigenvalue weighted by molar-refractivity contribution is -0.122. The van der Waals surface area contributed by atoms with E-state index < -0.39 is 0 Å². The largest absolute Gasteiger partial charge is 0.384 e. The van der Waals surface area contributed by atoms with Gasteiger partial charge in [-0.2, -0.15) is 0 Å². The highest BCUT2D eigenvalue weighted by atomic mass is 16.1. The third-order valence-electron chi connectivity index (χ3n) is 5.20. The summed E-state index contributed by atoms with van der Waals surface area (Å²) in [7, 11) is 0. The lowest BCUT2D eigenvalue weighted by atomic mass is 9.83. The van der Waals surface area contributed by atoms with Gasteiger partial charge in [0, 0.05) is 18.8 Å². The van der Waals surface area contributed by atoms with Crippen molar-refractivity contribution in [1.82, 2.24) is 5.32 Å². The van der Waals surface area contributed by atoms with Crippen molar-refractivity contribution in [2.45, 2.75) is 44.9 Å². The molecule has 3 rings (SSSR count). The number of carbonyl (C=O) groups excluding carboxylic acids is 1. The molecule has 1 heterocycles. The molecular weight excluding hydrogens is 248 g/mol. The Kier molecular flexibility index (Phi) is 3.68. The van der Waals surface area contributed by atoms with Gasteiger partial charge in [-0.1, -0.05) is 38.0 Å². The number of benzene rings is 1. The fraction of sp³-hybridized carbons (Fsp3) is 0.588. The van der Waals surface area contributed by atoms with Crippen LogP contribution in [0.1, 0.15) is 50.5 Å². The molecule has 108 valence electrons. The number of carbonyl (C=O) groups is 1. The second kappa shape index (κ2) is 5.47. The number of anilines is 1. The first-order chi connectivity index (χ1) is 9.74. The lowest BCUT2D eigenvalue weighted by Crippen LogP contribution is -2.38. The van der Waals surface area contributed by atoms with Crippen molar-refractivity contribution in [2.24, 2.45) is 5.41 Å². The second-order valence-corrected chi connectivity index (χ2v) is 6.30. The van der Waals surface area contributed by atoms with Gasteiger partial charge in [-0.15, -0.1) is 0 Å². The number of para-hydroxylation sites is 1. The minimum Gasteiger partial charge on any atom is -0.384 e. The molecule has 0 radical (unpaired) electrons. The van der Waals surface area contributed by atoms with Crippen LogP contribution in [0.15, 0.2) is 24.3 Å². The van der Waals surface area contributed by atoms with Gasteiger partial charge in [0.15, 0.2) is 0 Å². The fourth-order valence-corrected chi connectivity index (χ4v) is 3.70. The van der Waals surface area contributed by atoms with Crippen LogP contribution in [0.3, 0.4) is 0 Å². The maximum atomic E-state index is 12.5. The topological polar surface area (TPSA) is 41.1 Å². The molecule has 2 N–H and O–H groups in total. The summed E-state index contributed by atoms with van der Waals surface area (Å²) >= 11 is 0. The van der Waals surface area contributed by atoms with Crippen LogP contribution >= 0.6 is 0 Å². The number of amides is 1. The van der Waals surface area contributed by atoms with Gasteiger partial charge in [0.2, 0.25) is 5.91 Å². The summed E-state index contributed by atoms with van der Waals surface area (Å²) in [5.74, 6) is 0.156. The number of fused-ring (bicyclic) bond motifs is 1. The van der Waals surface area contributed by atoms with E-state index in [4.69, 9.17) is 0 Å². The highest BCUT2D eigenvalue weighted by molar-refractivity contribution is 5.88. The van der Waals surface area contributed by atoms with Crippen LogP contribution in [-0.4, -0.2) is 19.0 Å². The molecule has 20 heavy (non-hydrogen) atoms. The van der Waals surface area contributed by atoms with Crippen LogP contribution in [0.4, 0.5) is 5.69 Å². The summed E-state index contributed by atoms with van der Waals surface area (Å²) in [4.78, 5) is 12.5. The minimum atomic E-state index is -0.0264. The SMILES string of the molecule is CCC1(CNC(=O)C2CNc3ccccc32)CCCC1. The molecule has 1 aromatic rings. The molecule has 1 saturated carbocycles. The molecule has 0 spiro atoms. The number of hydrogen-bond acceptors (Lipinski definition) is 2. The predicted molar refractivity (Wildman–Crippen MR) is 81.9 cm³/mol. The highest BCUT2D eigenvalue weighted by Gasteiger charge is 2.34. The van der Waals surface area contributed by atoms with Gasteiger partial charge in [0.05, 0.1) is 5.92 Å². The average molecular weight is 272 g/mol. The maximum absolute atomic E-state index is 12.5. The minimum absolute atomic E-state index is 0.0264. The quantitative estimate of drug-likeness (QED) is 0.883. The van der Waals surface area contributed by atoms with E-state index in [-0.39, 0.29) is 11.8 Å². The number of nitrogens with one attached hydrogen (secondary N) is 2. The zero-order valence-corrected chi connectivity index (χ0v) is 12.2. The van der Waals surface area contributed by atoms with Crippen molar-refractivity contribution in [3.05, 3.63) is 29.8 Å². The van der Waals surface area contributed by atoms with Crippen LogP contribution in [0.25, 0.3) is 0 Å². The summed E-state index contributed by atoms with van der Waals surface area (Å²) in [6, 6.07) is 8.13. The second-order valence-electron chi connectivity index (χ2n) is 6.30. The first kappa shape index (κ1) is 13.5. The lowest BCUT2D eigenvalue weighted by Gasteiger charge is -2.28. The average Bonchev–Trinajstić information content (AvgIpc) is 3.12. The van der Waals surface area contributed by atoms with E-state index in [1.165, 1.54) is 32.1 Å². The normalized spacial score (nSPS) is 23.1. The summed E-state index contributed by atoms with van der Waals surface area (Å²) in [5.41, 5.74) is 2.61. The Hall–Kier alpha value is -1.51. The fourth-order valence-electron chi connectivity index (χ4n) is 3.70.